The van der Waals surface area contributed by atoms with Gasteiger partial charge in [0.05, 0.1) is 23.6 Å². The Morgan fingerprint density at radius 3 is 2.50 bits per heavy atom. The molecule has 2 bridgehead atoms. The Hall–Kier alpha value is -4.38. The Kier molecular flexibility index (Phi) is 12.1. The number of pyridine rings is 1. The zero-order valence-corrected chi connectivity index (χ0v) is 39.3. The van der Waals surface area contributed by atoms with Crippen molar-refractivity contribution in [3.05, 3.63) is 53.5 Å². The molecule has 4 aliphatic heterocycles. The molecule has 62 heavy (non-hydrogen) atoms. The Morgan fingerprint density at radius 1 is 1.03 bits per heavy atom. The lowest BCUT2D eigenvalue weighted by atomic mass is 9.94. The fourth-order valence-electron chi connectivity index (χ4n) is 11.5. The molecule has 6 heterocycles. The van der Waals surface area contributed by atoms with Crippen molar-refractivity contribution in [2.75, 3.05) is 51.3 Å². The zero-order chi connectivity index (χ0) is 44.3. The summed E-state index contributed by atoms with van der Waals surface area (Å²) in [5.74, 6) is 3.74. The number of piperidine rings is 1. The largest absolute Gasteiger partial charge is 0.461 e. The molecule has 0 aliphatic carbocycles. The molecule has 4 fully saturated rings. The van der Waals surface area contributed by atoms with Crippen molar-refractivity contribution in [3.8, 4) is 28.7 Å². The van der Waals surface area contributed by atoms with E-state index in [2.05, 4.69) is 68.9 Å². The van der Waals surface area contributed by atoms with Gasteiger partial charge >= 0.3 is 12.1 Å². The monoisotopic (exact) mass is 866 g/mol. The Morgan fingerprint density at radius 2 is 1.79 bits per heavy atom. The molecule has 1 amide bonds. The molecule has 332 valence electrons. The minimum Gasteiger partial charge on any atom is -0.461 e. The SMILES string of the molecule is COCc1cc(-c2ncc3c(N4C[C@H]5C[C@@H](C4)N(C(=O)OC(C)(C)C)C5)nc(OC[C@@]45CCCN4C[C@H](F)C5)nc3c2F)c2c(C#C[Si](C(C)C)(C(C)C)C(C)C)cccc2c1. The number of hydrogen-bond donors (Lipinski definition) is 0. The third kappa shape index (κ3) is 8.16. The number of methoxy groups -OCH3 is 1. The normalized spacial score (nSPS) is 22.9. The second-order valence-electron chi connectivity index (χ2n) is 20.3. The summed E-state index contributed by atoms with van der Waals surface area (Å²) in [7, 11) is -0.460. The summed E-state index contributed by atoms with van der Waals surface area (Å²) in [6, 6.07) is 10.0. The molecule has 13 heteroatoms. The number of anilines is 1. The topological polar surface area (TPSA) is 93.2 Å². The maximum absolute atomic E-state index is 17.8. The highest BCUT2D eigenvalue weighted by molar-refractivity contribution is 6.90. The fourth-order valence-corrected chi connectivity index (χ4v) is 16.7. The standard InChI is InChI=1S/C49H64F2N6O4Si/c1-30(2)62(31(3)4,32(5)6)18-15-35-13-11-14-36-19-33(28-59-10)21-39(41(35)36)43-42(51)44-40(23-52-43)45(54-46(53-44)60-29-49-16-12-17-56(49)26-37(50)22-49)55-24-34-20-38(27-55)57(25-34)47(58)61-48(7,8)9/h11,13-14,19,21,23,30-32,34,37-38H,12,16-17,20,22,24-29H2,1-10H3/t34-,37-,38+,49+/m1/s1. The number of likely N-dealkylation sites (tertiary alicyclic amines) is 1. The van der Waals surface area contributed by atoms with E-state index in [1.165, 1.54) is 0 Å². The number of benzene rings is 2. The third-order valence-corrected chi connectivity index (χ3v) is 20.4. The number of alkyl halides is 1. The first kappa shape index (κ1) is 44.2. The van der Waals surface area contributed by atoms with Crippen LogP contribution in [-0.4, -0.2) is 109 Å². The molecule has 4 atom stereocenters. The van der Waals surface area contributed by atoms with Crippen molar-refractivity contribution in [3.63, 3.8) is 0 Å². The van der Waals surface area contributed by atoms with Gasteiger partial charge in [0.2, 0.25) is 0 Å². The van der Waals surface area contributed by atoms with Crippen LogP contribution in [-0.2, 0) is 16.1 Å². The van der Waals surface area contributed by atoms with Crippen molar-refractivity contribution >= 4 is 41.7 Å². The smallest absolute Gasteiger partial charge is 0.410 e. The zero-order valence-electron chi connectivity index (χ0n) is 38.3. The van der Waals surface area contributed by atoms with E-state index >= 15 is 4.39 Å². The van der Waals surface area contributed by atoms with Crippen LogP contribution in [0.3, 0.4) is 0 Å². The summed E-state index contributed by atoms with van der Waals surface area (Å²) in [6.45, 7) is 22.8. The molecule has 4 saturated heterocycles. The summed E-state index contributed by atoms with van der Waals surface area (Å²) in [4.78, 5) is 34.2. The van der Waals surface area contributed by atoms with Gasteiger partial charge in [-0.1, -0.05) is 59.6 Å². The van der Waals surface area contributed by atoms with E-state index in [1.54, 1.807) is 13.3 Å². The van der Waals surface area contributed by atoms with E-state index in [-0.39, 0.29) is 41.9 Å². The molecule has 4 aromatic rings. The molecular formula is C49H64F2N6O4Si. The number of aromatic nitrogens is 3. The van der Waals surface area contributed by atoms with E-state index in [9.17, 15) is 9.18 Å². The third-order valence-electron chi connectivity index (χ3n) is 14.1. The van der Waals surface area contributed by atoms with Gasteiger partial charge in [-0.15, -0.1) is 5.54 Å². The minimum absolute atomic E-state index is 0.0379. The van der Waals surface area contributed by atoms with Crippen molar-refractivity contribution in [1.82, 2.24) is 24.8 Å². The van der Waals surface area contributed by atoms with Crippen molar-refractivity contribution in [1.29, 1.82) is 0 Å². The Bertz CT molecular complexity index is 2390. The highest BCUT2D eigenvalue weighted by atomic mass is 28.3. The average Bonchev–Trinajstić information content (AvgIpc) is 3.84. The maximum atomic E-state index is 17.8. The van der Waals surface area contributed by atoms with Crippen molar-refractivity contribution in [2.45, 2.75) is 135 Å². The molecule has 0 N–H and O–H groups in total. The van der Waals surface area contributed by atoms with Crippen LogP contribution in [0.15, 0.2) is 36.5 Å². The van der Waals surface area contributed by atoms with E-state index in [1.807, 2.05) is 49.9 Å². The molecule has 0 radical (unpaired) electrons. The fraction of sp³-hybridized carbons (Fsp3) is 0.592. The molecule has 4 aliphatic rings. The van der Waals surface area contributed by atoms with Gasteiger partial charge in [-0.05, 0) is 98.3 Å². The predicted octanol–water partition coefficient (Wildman–Crippen LogP) is 10.1. The predicted molar refractivity (Wildman–Crippen MR) is 244 cm³/mol. The first-order chi connectivity index (χ1) is 29.4. The second kappa shape index (κ2) is 17.0. The van der Waals surface area contributed by atoms with E-state index < -0.39 is 31.2 Å². The number of carbonyl (C=O) groups excluding carboxylic acids is 1. The number of rotatable bonds is 10. The van der Waals surface area contributed by atoms with Gasteiger partial charge in [0, 0.05) is 62.4 Å². The average molecular weight is 867 g/mol. The lowest BCUT2D eigenvalue weighted by Gasteiger charge is -2.38. The molecule has 0 unspecified atom stereocenters. The number of halogens is 2. The van der Waals surface area contributed by atoms with Crippen LogP contribution in [0, 0.1) is 23.2 Å². The van der Waals surface area contributed by atoms with Crippen LogP contribution in [0.5, 0.6) is 6.01 Å². The van der Waals surface area contributed by atoms with Gasteiger partial charge in [0.1, 0.15) is 43.5 Å². The van der Waals surface area contributed by atoms with Crippen LogP contribution in [0.4, 0.5) is 19.4 Å². The lowest BCUT2D eigenvalue weighted by molar-refractivity contribution is 0.0233. The number of hydrogen-bond acceptors (Lipinski definition) is 9. The quantitative estimate of drug-likeness (QED) is 0.114. The lowest BCUT2D eigenvalue weighted by Crippen LogP contribution is -2.46. The summed E-state index contributed by atoms with van der Waals surface area (Å²) in [5.41, 5.74) is 6.72. The van der Waals surface area contributed by atoms with Crippen LogP contribution < -0.4 is 9.64 Å². The van der Waals surface area contributed by atoms with Crippen LogP contribution in [0.2, 0.25) is 16.6 Å². The number of ether oxygens (including phenoxy) is 3. The number of fused-ring (bicyclic) bond motifs is 5. The second-order valence-corrected chi connectivity index (χ2v) is 25.9. The molecule has 0 spiro atoms. The molecular weight excluding hydrogens is 803 g/mol. The summed E-state index contributed by atoms with van der Waals surface area (Å²) < 4.78 is 50.5. The van der Waals surface area contributed by atoms with Gasteiger partial charge in [-0.2, -0.15) is 9.97 Å². The summed E-state index contributed by atoms with van der Waals surface area (Å²) in [5, 5.41) is 2.20. The Balaban J connectivity index is 1.27. The van der Waals surface area contributed by atoms with E-state index in [0.717, 1.165) is 47.7 Å². The minimum atomic E-state index is -2.11. The molecule has 8 rings (SSSR count). The molecule has 10 nitrogen and oxygen atoms in total. The number of carbonyl (C=O) groups is 1. The van der Waals surface area contributed by atoms with Crippen molar-refractivity contribution < 1.29 is 27.8 Å². The van der Waals surface area contributed by atoms with Gasteiger partial charge in [-0.25, -0.2) is 13.6 Å². The molecule has 2 aromatic heterocycles. The first-order valence-corrected chi connectivity index (χ1v) is 24.9. The highest BCUT2D eigenvalue weighted by Gasteiger charge is 2.50. The maximum Gasteiger partial charge on any atom is 0.410 e. The molecule has 0 saturated carbocycles. The van der Waals surface area contributed by atoms with E-state index in [0.29, 0.717) is 72.6 Å². The van der Waals surface area contributed by atoms with Crippen LogP contribution in [0.1, 0.15) is 99.1 Å². The summed E-state index contributed by atoms with van der Waals surface area (Å²) >= 11 is 0. The van der Waals surface area contributed by atoms with Gasteiger partial charge in [0.25, 0.3) is 0 Å². The Labute approximate surface area is 367 Å². The van der Waals surface area contributed by atoms with Gasteiger partial charge < -0.3 is 24.0 Å². The highest BCUT2D eigenvalue weighted by Crippen LogP contribution is 2.44. The van der Waals surface area contributed by atoms with Crippen LogP contribution >= 0.6 is 0 Å². The van der Waals surface area contributed by atoms with Gasteiger partial charge in [0.15, 0.2) is 5.82 Å². The van der Waals surface area contributed by atoms with E-state index in [4.69, 9.17) is 29.2 Å². The first-order valence-electron chi connectivity index (χ1n) is 22.6. The molecule has 2 aromatic carbocycles. The van der Waals surface area contributed by atoms with Gasteiger partial charge in [-0.3, -0.25) is 9.88 Å². The van der Waals surface area contributed by atoms with Crippen molar-refractivity contribution in [2.24, 2.45) is 5.92 Å². The number of nitrogens with zero attached hydrogens (tertiary/aromatic N) is 6. The number of amides is 1. The summed E-state index contributed by atoms with van der Waals surface area (Å²) in [6.07, 6.45) is 3.43. The van der Waals surface area contributed by atoms with Crippen LogP contribution in [0.25, 0.3) is 32.9 Å².